The number of amides is 2. The number of ether oxygens (including phenoxy) is 1. The van der Waals surface area contributed by atoms with E-state index in [2.05, 4.69) is 5.32 Å². The van der Waals surface area contributed by atoms with E-state index in [-0.39, 0.29) is 18.5 Å². The molecule has 1 atom stereocenters. The molecule has 7 nitrogen and oxygen atoms in total. The third kappa shape index (κ3) is 6.43. The van der Waals surface area contributed by atoms with Crippen molar-refractivity contribution in [3.63, 3.8) is 0 Å². The Bertz CT molecular complexity index is 938. The highest BCUT2D eigenvalue weighted by molar-refractivity contribution is 5.94. The van der Waals surface area contributed by atoms with E-state index in [1.165, 1.54) is 55.3 Å². The van der Waals surface area contributed by atoms with Crippen LogP contribution in [0.4, 0.5) is 10.1 Å². The number of likely N-dealkylation sites (N-methyl/N-ethyl adjacent to an activating group) is 1. The van der Waals surface area contributed by atoms with Crippen molar-refractivity contribution < 1.29 is 23.5 Å². The van der Waals surface area contributed by atoms with Crippen molar-refractivity contribution in [3.8, 4) is 6.07 Å². The third-order valence-electron chi connectivity index (χ3n) is 3.96. The first-order chi connectivity index (χ1) is 13.8. The van der Waals surface area contributed by atoms with E-state index in [0.717, 1.165) is 0 Å². The van der Waals surface area contributed by atoms with Gasteiger partial charge in [-0.25, -0.2) is 9.18 Å². The van der Waals surface area contributed by atoms with Crippen molar-refractivity contribution in [2.75, 3.05) is 12.4 Å². The molecule has 0 aliphatic carbocycles. The van der Waals surface area contributed by atoms with Crippen LogP contribution in [0.25, 0.3) is 0 Å². The summed E-state index contributed by atoms with van der Waals surface area (Å²) in [5.74, 6) is -1.97. The molecule has 150 valence electrons. The molecule has 2 rings (SSSR count). The summed E-state index contributed by atoms with van der Waals surface area (Å²) >= 11 is 0. The van der Waals surface area contributed by atoms with Gasteiger partial charge in [-0.05, 0) is 48.9 Å². The topological polar surface area (TPSA) is 99.5 Å². The monoisotopic (exact) mass is 397 g/mol. The standard InChI is InChI=1S/C21H20FN3O4/c1-14(20(27)25(2)13-15-4-3-5-17(22)12-15)29-21(28)16-6-8-18(9-7-16)24-19(26)10-11-23/h3-9,12,14H,10,13H2,1-2H3,(H,24,26)/t14-/m0/s1. The summed E-state index contributed by atoms with van der Waals surface area (Å²) in [6.07, 6.45) is -1.30. The lowest BCUT2D eigenvalue weighted by atomic mass is 10.2. The van der Waals surface area contributed by atoms with Crippen LogP contribution in [0.3, 0.4) is 0 Å². The number of hydrogen-bond donors (Lipinski definition) is 1. The van der Waals surface area contributed by atoms with E-state index in [1.807, 2.05) is 0 Å². The Balaban J connectivity index is 1.92. The van der Waals surface area contributed by atoms with E-state index in [1.54, 1.807) is 18.2 Å². The number of nitriles is 1. The maximum atomic E-state index is 13.3. The number of rotatable bonds is 7. The van der Waals surface area contributed by atoms with Crippen molar-refractivity contribution in [2.45, 2.75) is 26.0 Å². The third-order valence-corrected chi connectivity index (χ3v) is 3.96. The fourth-order valence-corrected chi connectivity index (χ4v) is 2.54. The number of carbonyl (C=O) groups excluding carboxylic acids is 3. The van der Waals surface area contributed by atoms with Gasteiger partial charge in [0.25, 0.3) is 5.91 Å². The van der Waals surface area contributed by atoms with Gasteiger partial charge < -0.3 is 15.0 Å². The van der Waals surface area contributed by atoms with Crippen LogP contribution < -0.4 is 5.32 Å². The minimum Gasteiger partial charge on any atom is -0.449 e. The fourth-order valence-electron chi connectivity index (χ4n) is 2.54. The molecule has 1 N–H and O–H groups in total. The molecule has 29 heavy (non-hydrogen) atoms. The van der Waals surface area contributed by atoms with Crippen molar-refractivity contribution in [2.24, 2.45) is 0 Å². The average Bonchev–Trinajstić information content (AvgIpc) is 2.68. The predicted molar refractivity (Wildman–Crippen MR) is 103 cm³/mol. The maximum Gasteiger partial charge on any atom is 0.338 e. The van der Waals surface area contributed by atoms with Crippen molar-refractivity contribution >= 4 is 23.5 Å². The van der Waals surface area contributed by atoms with Gasteiger partial charge in [0.15, 0.2) is 6.10 Å². The summed E-state index contributed by atoms with van der Waals surface area (Å²) in [4.78, 5) is 37.4. The molecule has 0 unspecified atom stereocenters. The highest BCUT2D eigenvalue weighted by atomic mass is 19.1. The Morgan fingerprint density at radius 1 is 1.21 bits per heavy atom. The molecule has 0 aromatic heterocycles. The van der Waals surface area contributed by atoms with Crippen LogP contribution in [0, 0.1) is 17.1 Å². The van der Waals surface area contributed by atoms with Crippen LogP contribution in [0.5, 0.6) is 0 Å². The summed E-state index contributed by atoms with van der Waals surface area (Å²) in [7, 11) is 1.54. The number of benzene rings is 2. The van der Waals surface area contributed by atoms with Gasteiger partial charge in [0.1, 0.15) is 12.2 Å². The number of nitrogens with one attached hydrogen (secondary N) is 1. The van der Waals surface area contributed by atoms with E-state index < -0.39 is 29.7 Å². The lowest BCUT2D eigenvalue weighted by molar-refractivity contribution is -0.139. The number of halogens is 1. The zero-order chi connectivity index (χ0) is 21.4. The highest BCUT2D eigenvalue weighted by Gasteiger charge is 2.22. The number of esters is 1. The van der Waals surface area contributed by atoms with Crippen LogP contribution in [0.2, 0.25) is 0 Å². The molecule has 0 saturated heterocycles. The summed E-state index contributed by atoms with van der Waals surface area (Å²) < 4.78 is 18.5. The lowest BCUT2D eigenvalue weighted by Crippen LogP contribution is -2.37. The van der Waals surface area contributed by atoms with Gasteiger partial charge in [0.05, 0.1) is 11.6 Å². The molecule has 0 saturated carbocycles. The van der Waals surface area contributed by atoms with Crippen molar-refractivity contribution in [3.05, 3.63) is 65.5 Å². The van der Waals surface area contributed by atoms with Crippen molar-refractivity contribution in [1.29, 1.82) is 5.26 Å². The first kappa shape index (κ1) is 21.6. The molecule has 0 spiro atoms. The highest BCUT2D eigenvalue weighted by Crippen LogP contribution is 2.13. The summed E-state index contributed by atoms with van der Waals surface area (Å²) in [6.45, 7) is 1.63. The van der Waals surface area contributed by atoms with Crippen LogP contribution in [0.1, 0.15) is 29.3 Å². The lowest BCUT2D eigenvalue weighted by Gasteiger charge is -2.21. The van der Waals surface area contributed by atoms with Gasteiger partial charge in [-0.3, -0.25) is 9.59 Å². The smallest absolute Gasteiger partial charge is 0.338 e. The minimum atomic E-state index is -1.03. The number of carbonyl (C=O) groups is 3. The van der Waals surface area contributed by atoms with Gasteiger partial charge in [-0.2, -0.15) is 5.26 Å². The Morgan fingerprint density at radius 2 is 1.90 bits per heavy atom. The van der Waals surface area contributed by atoms with Gasteiger partial charge in [-0.1, -0.05) is 12.1 Å². The first-order valence-corrected chi connectivity index (χ1v) is 8.77. The van der Waals surface area contributed by atoms with E-state index >= 15 is 0 Å². The second kappa shape index (κ2) is 9.99. The zero-order valence-corrected chi connectivity index (χ0v) is 16.0. The molecule has 2 aromatic carbocycles. The molecule has 0 radical (unpaired) electrons. The Kier molecular flexibility index (Phi) is 7.43. The average molecular weight is 397 g/mol. The summed E-state index contributed by atoms with van der Waals surface area (Å²) in [6, 6.07) is 13.5. The molecule has 0 aliphatic heterocycles. The second-order valence-corrected chi connectivity index (χ2v) is 6.33. The molecule has 0 heterocycles. The van der Waals surface area contributed by atoms with Crippen LogP contribution in [-0.2, 0) is 20.9 Å². The van der Waals surface area contributed by atoms with E-state index in [9.17, 15) is 18.8 Å². The fraction of sp³-hybridized carbons (Fsp3) is 0.238. The van der Waals surface area contributed by atoms with Crippen LogP contribution in [0.15, 0.2) is 48.5 Å². The van der Waals surface area contributed by atoms with Crippen LogP contribution in [-0.4, -0.2) is 35.8 Å². The summed E-state index contributed by atoms with van der Waals surface area (Å²) in [5, 5.41) is 11.0. The first-order valence-electron chi connectivity index (χ1n) is 8.77. The van der Waals surface area contributed by atoms with E-state index in [0.29, 0.717) is 11.3 Å². The SMILES string of the molecule is C[C@H](OC(=O)c1ccc(NC(=O)CC#N)cc1)C(=O)N(C)Cc1cccc(F)c1. The molecule has 8 heteroatoms. The van der Waals surface area contributed by atoms with Gasteiger partial charge in [-0.15, -0.1) is 0 Å². The quantitative estimate of drug-likeness (QED) is 0.724. The van der Waals surface area contributed by atoms with Gasteiger partial charge in [0.2, 0.25) is 5.91 Å². The molecule has 0 bridgehead atoms. The molecule has 0 fully saturated rings. The number of hydrogen-bond acceptors (Lipinski definition) is 5. The Morgan fingerprint density at radius 3 is 2.52 bits per heavy atom. The largest absolute Gasteiger partial charge is 0.449 e. The Hall–Kier alpha value is -3.73. The van der Waals surface area contributed by atoms with Gasteiger partial charge >= 0.3 is 5.97 Å². The normalized spacial score (nSPS) is 11.1. The van der Waals surface area contributed by atoms with Gasteiger partial charge in [0, 0.05) is 19.3 Å². The predicted octanol–water partition coefficient (Wildman–Crippen LogP) is 2.88. The molecule has 2 aromatic rings. The molecule has 0 aliphatic rings. The molecular formula is C21H20FN3O4. The van der Waals surface area contributed by atoms with Crippen LogP contribution >= 0.6 is 0 Å². The van der Waals surface area contributed by atoms with E-state index in [4.69, 9.17) is 10.00 Å². The second-order valence-electron chi connectivity index (χ2n) is 6.33. The minimum absolute atomic E-state index is 0.176. The van der Waals surface area contributed by atoms with Crippen molar-refractivity contribution in [1.82, 2.24) is 4.90 Å². The Labute approximate surface area is 167 Å². The number of anilines is 1. The maximum absolute atomic E-state index is 13.3. The summed E-state index contributed by atoms with van der Waals surface area (Å²) in [5.41, 5.74) is 1.25. The molecular weight excluding hydrogens is 377 g/mol. The zero-order valence-electron chi connectivity index (χ0n) is 16.0. The number of nitrogens with zero attached hydrogens (tertiary/aromatic N) is 2. The molecule has 2 amide bonds.